The van der Waals surface area contributed by atoms with Gasteiger partial charge in [0.15, 0.2) is 6.23 Å². The van der Waals surface area contributed by atoms with Crippen molar-refractivity contribution in [2.24, 2.45) is 0 Å². The van der Waals surface area contributed by atoms with Gasteiger partial charge in [-0.15, -0.1) is 0 Å². The smallest absolute Gasteiger partial charge is 0.206 e. The van der Waals surface area contributed by atoms with Crippen LogP contribution in [0, 0.1) is 6.92 Å². The summed E-state index contributed by atoms with van der Waals surface area (Å²) in [5, 5.41) is 0. The van der Waals surface area contributed by atoms with Gasteiger partial charge in [-0.1, -0.05) is 29.8 Å². The van der Waals surface area contributed by atoms with E-state index in [-0.39, 0.29) is 5.78 Å². The SMILES string of the molecule is COC(C(=O)c1ccc(C)cc1)N1CCOCC1. The molecular weight excluding hydrogens is 230 g/mol. The number of methoxy groups -OCH3 is 1. The number of morpholine rings is 1. The van der Waals surface area contributed by atoms with Crippen molar-refractivity contribution >= 4 is 5.78 Å². The topological polar surface area (TPSA) is 38.8 Å². The molecule has 0 saturated carbocycles. The third-order valence-corrected chi connectivity index (χ3v) is 3.16. The monoisotopic (exact) mass is 249 g/mol. The highest BCUT2D eigenvalue weighted by Crippen LogP contribution is 2.12. The second-order valence-corrected chi connectivity index (χ2v) is 4.47. The zero-order valence-corrected chi connectivity index (χ0v) is 10.9. The molecule has 0 aliphatic carbocycles. The third-order valence-electron chi connectivity index (χ3n) is 3.16. The van der Waals surface area contributed by atoms with Crippen LogP contribution >= 0.6 is 0 Å². The van der Waals surface area contributed by atoms with Crippen molar-refractivity contribution in [1.29, 1.82) is 0 Å². The minimum absolute atomic E-state index is 0.0133. The fourth-order valence-electron chi connectivity index (χ4n) is 2.09. The fourth-order valence-corrected chi connectivity index (χ4v) is 2.09. The van der Waals surface area contributed by atoms with Gasteiger partial charge >= 0.3 is 0 Å². The molecule has 1 aromatic rings. The number of aryl methyl sites for hydroxylation is 1. The number of carbonyl (C=O) groups is 1. The van der Waals surface area contributed by atoms with Crippen molar-refractivity contribution in [3.05, 3.63) is 35.4 Å². The fraction of sp³-hybridized carbons (Fsp3) is 0.500. The lowest BCUT2D eigenvalue weighted by atomic mass is 10.1. The van der Waals surface area contributed by atoms with E-state index >= 15 is 0 Å². The van der Waals surface area contributed by atoms with E-state index in [9.17, 15) is 4.79 Å². The second kappa shape index (κ2) is 6.09. The molecule has 0 N–H and O–H groups in total. The van der Waals surface area contributed by atoms with Crippen molar-refractivity contribution in [2.45, 2.75) is 13.2 Å². The number of rotatable bonds is 4. The molecule has 1 aliphatic heterocycles. The van der Waals surface area contributed by atoms with E-state index in [1.807, 2.05) is 36.1 Å². The Balaban J connectivity index is 2.11. The Kier molecular flexibility index (Phi) is 4.47. The average molecular weight is 249 g/mol. The largest absolute Gasteiger partial charge is 0.379 e. The lowest BCUT2D eigenvalue weighted by Crippen LogP contribution is -2.48. The summed E-state index contributed by atoms with van der Waals surface area (Å²) in [4.78, 5) is 14.4. The van der Waals surface area contributed by atoms with Gasteiger partial charge in [0.1, 0.15) is 0 Å². The van der Waals surface area contributed by atoms with Gasteiger partial charge in [-0.25, -0.2) is 0 Å². The van der Waals surface area contributed by atoms with Crippen molar-refractivity contribution in [3.8, 4) is 0 Å². The van der Waals surface area contributed by atoms with Crippen LogP contribution in [0.15, 0.2) is 24.3 Å². The molecule has 2 rings (SSSR count). The number of hydrogen-bond acceptors (Lipinski definition) is 4. The molecule has 0 aromatic heterocycles. The third kappa shape index (κ3) is 2.96. The maximum Gasteiger partial charge on any atom is 0.206 e. The molecule has 1 fully saturated rings. The van der Waals surface area contributed by atoms with Gasteiger partial charge in [-0.05, 0) is 6.92 Å². The number of carbonyl (C=O) groups excluding carboxylic acids is 1. The van der Waals surface area contributed by atoms with E-state index in [0.29, 0.717) is 18.8 Å². The van der Waals surface area contributed by atoms with Crippen molar-refractivity contribution in [1.82, 2.24) is 4.90 Å². The molecule has 98 valence electrons. The van der Waals surface area contributed by atoms with Crippen LogP contribution in [0.3, 0.4) is 0 Å². The predicted molar refractivity (Wildman–Crippen MR) is 68.7 cm³/mol. The molecule has 4 nitrogen and oxygen atoms in total. The minimum atomic E-state index is -0.503. The van der Waals surface area contributed by atoms with Gasteiger partial charge in [0.2, 0.25) is 5.78 Å². The minimum Gasteiger partial charge on any atom is -0.379 e. The molecule has 1 atom stereocenters. The molecule has 1 heterocycles. The number of ether oxygens (including phenoxy) is 2. The standard InChI is InChI=1S/C14H19NO3/c1-11-3-5-12(6-4-11)13(16)14(17-2)15-7-9-18-10-8-15/h3-6,14H,7-10H2,1-2H3. The van der Waals surface area contributed by atoms with Crippen molar-refractivity contribution < 1.29 is 14.3 Å². The van der Waals surface area contributed by atoms with Crippen LogP contribution in [0.2, 0.25) is 0 Å². The number of hydrogen-bond donors (Lipinski definition) is 0. The van der Waals surface area contributed by atoms with Gasteiger partial charge in [-0.3, -0.25) is 9.69 Å². The molecule has 1 saturated heterocycles. The van der Waals surface area contributed by atoms with Crippen LogP contribution in [-0.2, 0) is 9.47 Å². The zero-order valence-electron chi connectivity index (χ0n) is 10.9. The Morgan fingerprint density at radius 3 is 2.44 bits per heavy atom. The normalized spacial score (nSPS) is 18.6. The van der Waals surface area contributed by atoms with Gasteiger partial charge in [0.05, 0.1) is 13.2 Å². The van der Waals surface area contributed by atoms with Crippen molar-refractivity contribution in [2.75, 3.05) is 33.4 Å². The lowest BCUT2D eigenvalue weighted by Gasteiger charge is -2.32. The Morgan fingerprint density at radius 2 is 1.89 bits per heavy atom. The van der Waals surface area contributed by atoms with Crippen LogP contribution in [0.5, 0.6) is 0 Å². The number of benzene rings is 1. The highest BCUT2D eigenvalue weighted by Gasteiger charge is 2.27. The predicted octanol–water partition coefficient (Wildman–Crippen LogP) is 1.48. The van der Waals surface area contributed by atoms with Gasteiger partial charge in [0, 0.05) is 25.8 Å². The number of ketones is 1. The van der Waals surface area contributed by atoms with Crippen LogP contribution in [0.1, 0.15) is 15.9 Å². The first-order chi connectivity index (χ1) is 8.72. The number of Topliss-reactive ketones (excluding diaryl/α,β-unsaturated/α-hetero) is 1. The van der Waals surface area contributed by atoms with Crippen LogP contribution in [-0.4, -0.2) is 50.3 Å². The van der Waals surface area contributed by atoms with Crippen LogP contribution in [0.25, 0.3) is 0 Å². The van der Waals surface area contributed by atoms with E-state index in [1.54, 1.807) is 7.11 Å². The van der Waals surface area contributed by atoms with E-state index in [0.717, 1.165) is 18.7 Å². The second-order valence-electron chi connectivity index (χ2n) is 4.47. The highest BCUT2D eigenvalue weighted by molar-refractivity contribution is 5.99. The summed E-state index contributed by atoms with van der Waals surface area (Å²) >= 11 is 0. The number of nitrogens with zero attached hydrogens (tertiary/aromatic N) is 1. The van der Waals surface area contributed by atoms with E-state index < -0.39 is 6.23 Å². The molecule has 0 spiro atoms. The summed E-state index contributed by atoms with van der Waals surface area (Å²) in [7, 11) is 1.58. The Bertz CT molecular complexity index is 396. The van der Waals surface area contributed by atoms with Crippen LogP contribution < -0.4 is 0 Å². The highest BCUT2D eigenvalue weighted by atomic mass is 16.5. The lowest BCUT2D eigenvalue weighted by molar-refractivity contribution is -0.0608. The summed E-state index contributed by atoms with van der Waals surface area (Å²) in [6.45, 7) is 4.78. The van der Waals surface area contributed by atoms with E-state index in [2.05, 4.69) is 0 Å². The first-order valence-electron chi connectivity index (χ1n) is 6.18. The van der Waals surface area contributed by atoms with E-state index in [1.165, 1.54) is 0 Å². The molecule has 1 aromatic carbocycles. The molecule has 0 bridgehead atoms. The quantitative estimate of drug-likeness (QED) is 0.758. The molecule has 18 heavy (non-hydrogen) atoms. The maximum absolute atomic E-state index is 12.4. The first kappa shape index (κ1) is 13.2. The van der Waals surface area contributed by atoms with E-state index in [4.69, 9.17) is 9.47 Å². The molecule has 1 unspecified atom stereocenters. The summed E-state index contributed by atoms with van der Waals surface area (Å²) < 4.78 is 10.6. The summed E-state index contributed by atoms with van der Waals surface area (Å²) in [5.74, 6) is 0.0133. The first-order valence-corrected chi connectivity index (χ1v) is 6.18. The maximum atomic E-state index is 12.4. The summed E-state index contributed by atoms with van der Waals surface area (Å²) in [5.41, 5.74) is 1.84. The summed E-state index contributed by atoms with van der Waals surface area (Å²) in [6, 6.07) is 7.59. The zero-order chi connectivity index (χ0) is 13.0. The Labute approximate surface area is 107 Å². The van der Waals surface area contributed by atoms with Crippen molar-refractivity contribution in [3.63, 3.8) is 0 Å². The van der Waals surface area contributed by atoms with Gasteiger partial charge in [0.25, 0.3) is 0 Å². The molecule has 0 radical (unpaired) electrons. The Morgan fingerprint density at radius 1 is 1.28 bits per heavy atom. The molecule has 0 amide bonds. The molecule has 4 heteroatoms. The Hall–Kier alpha value is -1.23. The van der Waals surface area contributed by atoms with Gasteiger partial charge < -0.3 is 9.47 Å². The van der Waals surface area contributed by atoms with Gasteiger partial charge in [-0.2, -0.15) is 0 Å². The molecule has 1 aliphatic rings. The average Bonchev–Trinajstić information content (AvgIpc) is 2.41. The van der Waals surface area contributed by atoms with Crippen LogP contribution in [0.4, 0.5) is 0 Å². The summed E-state index contributed by atoms with van der Waals surface area (Å²) in [6.07, 6.45) is -0.503. The molecular formula is C14H19NO3.